The van der Waals surface area contributed by atoms with Crippen molar-refractivity contribution in [3.05, 3.63) is 48.0 Å². The van der Waals surface area contributed by atoms with Gasteiger partial charge in [-0.15, -0.1) is 0 Å². The maximum atomic E-state index is 12.7. The molecule has 0 unspecified atom stereocenters. The van der Waals surface area contributed by atoms with Gasteiger partial charge in [-0.3, -0.25) is 4.79 Å². The third kappa shape index (κ3) is 2.17. The lowest BCUT2D eigenvalue weighted by atomic mass is 10.0. The van der Waals surface area contributed by atoms with E-state index in [2.05, 4.69) is 5.32 Å². The van der Waals surface area contributed by atoms with Gasteiger partial charge in [0.1, 0.15) is 0 Å². The summed E-state index contributed by atoms with van der Waals surface area (Å²) in [6, 6.07) is 13.4. The van der Waals surface area contributed by atoms with E-state index in [0.717, 1.165) is 10.8 Å². The number of aliphatic hydroxyl groups is 1. The zero-order valence-electron chi connectivity index (χ0n) is 11.4. The summed E-state index contributed by atoms with van der Waals surface area (Å²) < 4.78 is 0. The van der Waals surface area contributed by atoms with Crippen molar-refractivity contribution in [1.82, 2.24) is 10.2 Å². The standard InChI is InChI=1S/C16H18N2O2/c1-18(14-9-17-10-15(14)19)16(20)13-8-4-6-11-5-2-3-7-12(11)13/h2-8,14-15,17,19H,9-10H2,1H3/t14-,15-/m0/s1. The molecule has 1 amide bonds. The number of benzene rings is 2. The highest BCUT2D eigenvalue weighted by molar-refractivity contribution is 6.07. The van der Waals surface area contributed by atoms with Gasteiger partial charge >= 0.3 is 0 Å². The number of nitrogens with zero attached hydrogens (tertiary/aromatic N) is 1. The molecule has 2 N–H and O–H groups in total. The Kier molecular flexibility index (Phi) is 3.42. The highest BCUT2D eigenvalue weighted by Crippen LogP contribution is 2.21. The molecule has 3 rings (SSSR count). The Hall–Kier alpha value is -1.91. The van der Waals surface area contributed by atoms with Crippen LogP contribution in [0.25, 0.3) is 10.8 Å². The quantitative estimate of drug-likeness (QED) is 0.863. The minimum Gasteiger partial charge on any atom is -0.390 e. The van der Waals surface area contributed by atoms with Crippen LogP contribution in [0.2, 0.25) is 0 Å². The van der Waals surface area contributed by atoms with E-state index >= 15 is 0 Å². The second kappa shape index (κ2) is 5.23. The zero-order valence-corrected chi connectivity index (χ0v) is 11.4. The minimum atomic E-state index is -0.501. The number of carbonyl (C=O) groups excluding carboxylic acids is 1. The summed E-state index contributed by atoms with van der Waals surface area (Å²) in [5.74, 6) is -0.0467. The van der Waals surface area contributed by atoms with E-state index in [9.17, 15) is 9.90 Å². The van der Waals surface area contributed by atoms with Crippen molar-refractivity contribution in [1.29, 1.82) is 0 Å². The number of carbonyl (C=O) groups is 1. The van der Waals surface area contributed by atoms with Gasteiger partial charge in [-0.25, -0.2) is 0 Å². The maximum Gasteiger partial charge on any atom is 0.254 e. The molecular formula is C16H18N2O2. The maximum absolute atomic E-state index is 12.7. The van der Waals surface area contributed by atoms with Crippen molar-refractivity contribution in [2.45, 2.75) is 12.1 Å². The van der Waals surface area contributed by atoms with Crippen LogP contribution in [0.3, 0.4) is 0 Å². The van der Waals surface area contributed by atoms with Crippen molar-refractivity contribution in [3.63, 3.8) is 0 Å². The van der Waals surface area contributed by atoms with Crippen molar-refractivity contribution >= 4 is 16.7 Å². The van der Waals surface area contributed by atoms with Crippen molar-refractivity contribution in [3.8, 4) is 0 Å². The molecule has 4 nitrogen and oxygen atoms in total. The number of likely N-dealkylation sites (N-methyl/N-ethyl adjacent to an activating group) is 1. The topological polar surface area (TPSA) is 52.6 Å². The second-order valence-corrected chi connectivity index (χ2v) is 5.24. The molecule has 104 valence electrons. The first kappa shape index (κ1) is 13.1. The van der Waals surface area contributed by atoms with Crippen LogP contribution >= 0.6 is 0 Å². The van der Waals surface area contributed by atoms with E-state index < -0.39 is 6.10 Å². The third-order valence-corrected chi connectivity index (χ3v) is 3.99. The van der Waals surface area contributed by atoms with Gasteiger partial charge in [-0.05, 0) is 16.8 Å². The Labute approximate surface area is 118 Å². The molecule has 0 radical (unpaired) electrons. The van der Waals surface area contributed by atoms with E-state index in [1.165, 1.54) is 0 Å². The van der Waals surface area contributed by atoms with Crippen LogP contribution < -0.4 is 5.32 Å². The van der Waals surface area contributed by atoms with Crippen LogP contribution in [0.15, 0.2) is 42.5 Å². The third-order valence-electron chi connectivity index (χ3n) is 3.99. The average Bonchev–Trinajstić information content (AvgIpc) is 2.91. The predicted octanol–water partition coefficient (Wildman–Crippen LogP) is 1.24. The number of amides is 1. The lowest BCUT2D eigenvalue weighted by molar-refractivity contribution is 0.0583. The van der Waals surface area contributed by atoms with Crippen LogP contribution in [0.4, 0.5) is 0 Å². The molecule has 0 saturated carbocycles. The van der Waals surface area contributed by atoms with Gasteiger partial charge in [-0.1, -0.05) is 36.4 Å². The smallest absolute Gasteiger partial charge is 0.254 e. The Morgan fingerprint density at radius 2 is 1.95 bits per heavy atom. The van der Waals surface area contributed by atoms with Gasteiger partial charge in [0.15, 0.2) is 0 Å². The minimum absolute atomic E-state index is 0.0467. The molecule has 20 heavy (non-hydrogen) atoms. The monoisotopic (exact) mass is 270 g/mol. The van der Waals surface area contributed by atoms with Crippen LogP contribution in [0.5, 0.6) is 0 Å². The molecule has 2 atom stereocenters. The number of β-amino-alcohol motifs (C(OH)–C–C–N with tert-alkyl or cyclic N) is 1. The molecule has 0 aliphatic carbocycles. The predicted molar refractivity (Wildman–Crippen MR) is 78.7 cm³/mol. The molecule has 2 aromatic carbocycles. The summed E-state index contributed by atoms with van der Waals surface area (Å²) in [7, 11) is 1.75. The molecule has 1 aliphatic heterocycles. The van der Waals surface area contributed by atoms with Gasteiger partial charge in [-0.2, -0.15) is 0 Å². The Bertz CT molecular complexity index is 636. The van der Waals surface area contributed by atoms with Gasteiger partial charge < -0.3 is 15.3 Å². The Balaban J connectivity index is 1.96. The highest BCUT2D eigenvalue weighted by Gasteiger charge is 2.31. The first-order valence-electron chi connectivity index (χ1n) is 6.82. The number of rotatable bonds is 2. The molecule has 4 heteroatoms. The van der Waals surface area contributed by atoms with E-state index in [4.69, 9.17) is 0 Å². The van der Waals surface area contributed by atoms with Gasteiger partial charge in [0.2, 0.25) is 0 Å². The highest BCUT2D eigenvalue weighted by atomic mass is 16.3. The molecule has 1 aliphatic rings. The second-order valence-electron chi connectivity index (χ2n) is 5.24. The number of fused-ring (bicyclic) bond motifs is 1. The van der Waals surface area contributed by atoms with Crippen molar-refractivity contribution < 1.29 is 9.90 Å². The van der Waals surface area contributed by atoms with E-state index in [1.54, 1.807) is 11.9 Å². The van der Waals surface area contributed by atoms with Crippen molar-refractivity contribution in [2.75, 3.05) is 20.1 Å². The molecule has 1 saturated heterocycles. The van der Waals surface area contributed by atoms with E-state index in [1.807, 2.05) is 42.5 Å². The first-order valence-corrected chi connectivity index (χ1v) is 6.82. The molecule has 0 bridgehead atoms. The van der Waals surface area contributed by atoms with Crippen molar-refractivity contribution in [2.24, 2.45) is 0 Å². The summed E-state index contributed by atoms with van der Waals surface area (Å²) in [6.07, 6.45) is -0.501. The molecule has 0 spiro atoms. The SMILES string of the molecule is CN(C(=O)c1cccc2ccccc12)[C@H]1CNC[C@@H]1O. The average molecular weight is 270 g/mol. The summed E-state index contributed by atoms with van der Waals surface area (Å²) >= 11 is 0. The van der Waals surface area contributed by atoms with Crippen LogP contribution in [0.1, 0.15) is 10.4 Å². The summed E-state index contributed by atoms with van der Waals surface area (Å²) in [6.45, 7) is 1.17. The summed E-state index contributed by atoms with van der Waals surface area (Å²) in [5.41, 5.74) is 0.685. The Morgan fingerprint density at radius 1 is 1.20 bits per heavy atom. The largest absolute Gasteiger partial charge is 0.390 e. The lowest BCUT2D eigenvalue weighted by Gasteiger charge is -2.27. The van der Waals surface area contributed by atoms with E-state index in [-0.39, 0.29) is 11.9 Å². The summed E-state index contributed by atoms with van der Waals surface area (Å²) in [5, 5.41) is 15.0. The fourth-order valence-electron chi connectivity index (χ4n) is 2.80. The number of hydrogen-bond acceptors (Lipinski definition) is 3. The van der Waals surface area contributed by atoms with Gasteiger partial charge in [0, 0.05) is 25.7 Å². The van der Waals surface area contributed by atoms with Gasteiger partial charge in [0.25, 0.3) is 5.91 Å². The Morgan fingerprint density at radius 3 is 2.70 bits per heavy atom. The number of aliphatic hydroxyl groups excluding tert-OH is 1. The molecule has 2 aromatic rings. The fourth-order valence-corrected chi connectivity index (χ4v) is 2.80. The van der Waals surface area contributed by atoms with Crippen LogP contribution in [-0.4, -0.2) is 48.2 Å². The molecule has 1 heterocycles. The summed E-state index contributed by atoms with van der Waals surface area (Å²) in [4.78, 5) is 14.3. The van der Waals surface area contributed by atoms with Crippen LogP contribution in [0, 0.1) is 0 Å². The molecule has 1 fully saturated rings. The number of hydrogen-bond donors (Lipinski definition) is 2. The van der Waals surface area contributed by atoms with Crippen LogP contribution in [-0.2, 0) is 0 Å². The molecule has 0 aromatic heterocycles. The first-order chi connectivity index (χ1) is 9.68. The van der Waals surface area contributed by atoms with Gasteiger partial charge in [0.05, 0.1) is 12.1 Å². The number of nitrogens with one attached hydrogen (secondary N) is 1. The molecular weight excluding hydrogens is 252 g/mol. The normalized spacial score (nSPS) is 22.1. The fraction of sp³-hybridized carbons (Fsp3) is 0.312. The zero-order chi connectivity index (χ0) is 14.1. The van der Waals surface area contributed by atoms with E-state index in [0.29, 0.717) is 18.7 Å². The lowest BCUT2D eigenvalue weighted by Crippen LogP contribution is -2.44.